The maximum atomic E-state index is 11.1. The van der Waals surface area contributed by atoms with Crippen LogP contribution in [0, 0.1) is 0 Å². The van der Waals surface area contributed by atoms with Crippen LogP contribution in [0.3, 0.4) is 0 Å². The lowest BCUT2D eigenvalue weighted by Crippen LogP contribution is -2.17. The second kappa shape index (κ2) is 4.65. The van der Waals surface area contributed by atoms with E-state index >= 15 is 0 Å². The first-order valence-electron chi connectivity index (χ1n) is 6.27. The van der Waals surface area contributed by atoms with E-state index in [0.29, 0.717) is 0 Å². The summed E-state index contributed by atoms with van der Waals surface area (Å²) in [4.78, 5) is 11.1. The van der Waals surface area contributed by atoms with Crippen molar-refractivity contribution in [3.63, 3.8) is 0 Å². The number of anilines is 1. The fourth-order valence-electron chi connectivity index (χ4n) is 2.50. The topological polar surface area (TPSA) is 29.1 Å². The van der Waals surface area contributed by atoms with Crippen LogP contribution in [0.1, 0.15) is 17.9 Å². The van der Waals surface area contributed by atoms with Gasteiger partial charge in [-0.05, 0) is 35.2 Å². The van der Waals surface area contributed by atoms with Crippen LogP contribution in [0.2, 0.25) is 0 Å². The van der Waals surface area contributed by atoms with Gasteiger partial charge in [0.2, 0.25) is 0 Å². The Hall–Kier alpha value is -2.09. The van der Waals surface area contributed by atoms with Crippen LogP contribution in [-0.2, 0) is 4.79 Å². The zero-order valence-electron chi connectivity index (χ0n) is 10.1. The van der Waals surface area contributed by atoms with E-state index < -0.39 is 0 Å². The Kier molecular flexibility index (Phi) is 2.85. The molecule has 0 aliphatic carbocycles. The number of nitrogens with one attached hydrogen (secondary N) is 1. The third kappa shape index (κ3) is 1.90. The van der Waals surface area contributed by atoms with Crippen molar-refractivity contribution in [3.05, 3.63) is 54.1 Å². The van der Waals surface area contributed by atoms with E-state index in [1.807, 2.05) is 18.2 Å². The molecule has 2 aromatic carbocycles. The third-order valence-corrected chi connectivity index (χ3v) is 3.49. The third-order valence-electron chi connectivity index (χ3n) is 3.49. The van der Waals surface area contributed by atoms with Crippen LogP contribution >= 0.6 is 0 Å². The summed E-state index contributed by atoms with van der Waals surface area (Å²) in [5.41, 5.74) is 4.58. The number of hydrogen-bond donors (Lipinski definition) is 1. The van der Waals surface area contributed by atoms with E-state index in [-0.39, 0.29) is 5.92 Å². The molecule has 0 spiro atoms. The Morgan fingerprint density at radius 3 is 2.67 bits per heavy atom. The van der Waals surface area contributed by atoms with Crippen molar-refractivity contribution < 1.29 is 4.79 Å². The highest BCUT2D eigenvalue weighted by Gasteiger charge is 2.19. The van der Waals surface area contributed by atoms with Crippen molar-refractivity contribution in [2.75, 3.05) is 11.9 Å². The van der Waals surface area contributed by atoms with Crippen LogP contribution in [0.25, 0.3) is 11.1 Å². The maximum absolute atomic E-state index is 11.1. The number of carbonyl (C=O) groups is 1. The van der Waals surface area contributed by atoms with Crippen LogP contribution in [-0.4, -0.2) is 12.8 Å². The molecule has 2 aromatic rings. The molecule has 0 saturated carbocycles. The van der Waals surface area contributed by atoms with Crippen molar-refractivity contribution in [3.8, 4) is 11.1 Å². The molecule has 18 heavy (non-hydrogen) atoms. The Morgan fingerprint density at radius 1 is 1.06 bits per heavy atom. The van der Waals surface area contributed by atoms with Gasteiger partial charge in [-0.2, -0.15) is 0 Å². The van der Waals surface area contributed by atoms with E-state index in [0.717, 1.165) is 30.5 Å². The molecule has 2 heteroatoms. The fraction of sp³-hybridized carbons (Fsp3) is 0.188. The Labute approximate surface area is 107 Å². The molecule has 1 heterocycles. The summed E-state index contributed by atoms with van der Waals surface area (Å²) in [7, 11) is 0. The fourth-order valence-corrected chi connectivity index (χ4v) is 2.50. The molecule has 2 nitrogen and oxygen atoms in total. The van der Waals surface area contributed by atoms with Crippen molar-refractivity contribution in [2.45, 2.75) is 12.3 Å². The minimum Gasteiger partial charge on any atom is -0.385 e. The second-order valence-electron chi connectivity index (χ2n) is 4.63. The molecule has 0 amide bonds. The number of rotatable bonds is 2. The summed E-state index contributed by atoms with van der Waals surface area (Å²) in [6, 6.07) is 16.6. The largest absolute Gasteiger partial charge is 0.385 e. The van der Waals surface area contributed by atoms with Gasteiger partial charge >= 0.3 is 0 Å². The lowest BCUT2D eigenvalue weighted by molar-refractivity contribution is -0.109. The molecular formula is C16H15NO. The smallest absolute Gasteiger partial charge is 0.127 e. The first-order valence-corrected chi connectivity index (χ1v) is 6.27. The zero-order chi connectivity index (χ0) is 12.4. The molecule has 1 atom stereocenters. The predicted molar refractivity (Wildman–Crippen MR) is 73.8 cm³/mol. The minimum absolute atomic E-state index is 0.0323. The predicted octanol–water partition coefficient (Wildman–Crippen LogP) is 3.45. The van der Waals surface area contributed by atoms with E-state index in [1.165, 1.54) is 11.1 Å². The van der Waals surface area contributed by atoms with Crippen molar-refractivity contribution in [2.24, 2.45) is 0 Å². The summed E-state index contributed by atoms with van der Waals surface area (Å²) in [6.07, 6.45) is 1.95. The summed E-state index contributed by atoms with van der Waals surface area (Å²) in [5.74, 6) is 0.0323. The number of aldehydes is 1. The molecule has 0 fully saturated rings. The normalized spacial score (nSPS) is 17.7. The van der Waals surface area contributed by atoms with E-state index in [2.05, 4.69) is 35.6 Å². The highest BCUT2D eigenvalue weighted by atomic mass is 16.1. The van der Waals surface area contributed by atoms with Crippen LogP contribution in [0.4, 0.5) is 5.69 Å². The molecule has 1 aliphatic rings. The number of hydrogen-bond acceptors (Lipinski definition) is 2. The van der Waals surface area contributed by atoms with Crippen LogP contribution < -0.4 is 5.32 Å². The van der Waals surface area contributed by atoms with Gasteiger partial charge in [0.1, 0.15) is 6.29 Å². The lowest BCUT2D eigenvalue weighted by atomic mass is 9.89. The van der Waals surface area contributed by atoms with Gasteiger partial charge in [0.05, 0.1) is 0 Å². The average molecular weight is 237 g/mol. The quantitative estimate of drug-likeness (QED) is 0.810. The molecular weight excluding hydrogens is 222 g/mol. The van der Waals surface area contributed by atoms with E-state index in [1.54, 1.807) is 0 Å². The van der Waals surface area contributed by atoms with Gasteiger partial charge in [-0.25, -0.2) is 0 Å². The SMILES string of the molecule is O=CC1CCNc2ccc(-c3ccccc3)cc21. The Balaban J connectivity index is 2.07. The Bertz CT molecular complexity index is 563. The molecule has 0 bridgehead atoms. The van der Waals surface area contributed by atoms with Gasteiger partial charge in [0.25, 0.3) is 0 Å². The summed E-state index contributed by atoms with van der Waals surface area (Å²) in [6.45, 7) is 0.876. The monoisotopic (exact) mass is 237 g/mol. The number of benzene rings is 2. The first kappa shape index (κ1) is 11.0. The molecule has 0 saturated heterocycles. The maximum Gasteiger partial charge on any atom is 0.127 e. The minimum atomic E-state index is 0.0323. The van der Waals surface area contributed by atoms with Crippen molar-refractivity contribution >= 4 is 12.0 Å². The van der Waals surface area contributed by atoms with Crippen LogP contribution in [0.5, 0.6) is 0 Å². The Morgan fingerprint density at radius 2 is 1.89 bits per heavy atom. The van der Waals surface area contributed by atoms with Gasteiger partial charge in [-0.3, -0.25) is 0 Å². The first-order chi connectivity index (χ1) is 8.88. The van der Waals surface area contributed by atoms with Crippen LogP contribution in [0.15, 0.2) is 48.5 Å². The molecule has 1 unspecified atom stereocenters. The van der Waals surface area contributed by atoms with Crippen molar-refractivity contribution in [1.29, 1.82) is 0 Å². The van der Waals surface area contributed by atoms with Crippen molar-refractivity contribution in [1.82, 2.24) is 0 Å². The number of fused-ring (bicyclic) bond motifs is 1. The molecule has 0 radical (unpaired) electrons. The van der Waals surface area contributed by atoms with E-state index in [4.69, 9.17) is 0 Å². The van der Waals surface area contributed by atoms with E-state index in [9.17, 15) is 4.79 Å². The molecule has 1 N–H and O–H groups in total. The highest BCUT2D eigenvalue weighted by Crippen LogP contribution is 2.33. The molecule has 90 valence electrons. The molecule has 0 aromatic heterocycles. The standard InChI is InChI=1S/C16H15NO/c18-11-14-8-9-17-16-7-6-13(10-15(14)16)12-4-2-1-3-5-12/h1-7,10-11,14,17H,8-9H2. The van der Waals surface area contributed by atoms with Gasteiger partial charge in [-0.15, -0.1) is 0 Å². The van der Waals surface area contributed by atoms with Gasteiger partial charge in [0, 0.05) is 18.2 Å². The highest BCUT2D eigenvalue weighted by molar-refractivity contribution is 5.75. The lowest BCUT2D eigenvalue weighted by Gasteiger charge is -2.23. The number of carbonyl (C=O) groups excluding carboxylic acids is 1. The average Bonchev–Trinajstić information content (AvgIpc) is 2.47. The van der Waals surface area contributed by atoms with Gasteiger partial charge in [-0.1, -0.05) is 36.4 Å². The van der Waals surface area contributed by atoms with Gasteiger partial charge < -0.3 is 10.1 Å². The summed E-state index contributed by atoms with van der Waals surface area (Å²) in [5, 5.41) is 3.35. The zero-order valence-corrected chi connectivity index (χ0v) is 10.1. The molecule has 1 aliphatic heterocycles. The summed E-state index contributed by atoms with van der Waals surface area (Å²) >= 11 is 0. The molecule has 3 rings (SSSR count). The van der Waals surface area contributed by atoms with Gasteiger partial charge in [0.15, 0.2) is 0 Å². The second-order valence-corrected chi connectivity index (χ2v) is 4.63. The summed E-state index contributed by atoms with van der Waals surface area (Å²) < 4.78 is 0.